The zero-order valence-corrected chi connectivity index (χ0v) is 8.46. The molecule has 0 heterocycles. The van der Waals surface area contributed by atoms with Crippen molar-refractivity contribution >= 4 is 0 Å². The van der Waals surface area contributed by atoms with Crippen LogP contribution in [0.15, 0.2) is 24.3 Å². The maximum atomic E-state index is 12.9. The number of rotatable bonds is 3. The van der Waals surface area contributed by atoms with Crippen LogP contribution in [-0.4, -0.2) is 5.54 Å². The summed E-state index contributed by atoms with van der Waals surface area (Å²) in [5.74, 6) is 0.458. The van der Waals surface area contributed by atoms with E-state index in [9.17, 15) is 4.39 Å². The number of hydrogen-bond acceptors (Lipinski definition) is 1. The van der Waals surface area contributed by atoms with Gasteiger partial charge in [0.15, 0.2) is 0 Å². The molecule has 1 aromatic carbocycles. The third-order valence-electron chi connectivity index (χ3n) is 2.98. The van der Waals surface area contributed by atoms with Crippen LogP contribution >= 0.6 is 0 Å². The van der Waals surface area contributed by atoms with Gasteiger partial charge in [0.25, 0.3) is 0 Å². The molecule has 1 nitrogen and oxygen atoms in total. The molecule has 0 radical (unpaired) electrons. The lowest BCUT2D eigenvalue weighted by Crippen LogP contribution is -2.40. The Morgan fingerprint density at radius 1 is 1.50 bits per heavy atom. The zero-order valence-electron chi connectivity index (χ0n) is 8.46. The molecule has 0 aromatic heterocycles. The molecule has 0 aliphatic heterocycles. The van der Waals surface area contributed by atoms with Gasteiger partial charge in [-0.15, -0.1) is 0 Å². The van der Waals surface area contributed by atoms with Crippen molar-refractivity contribution in [3.63, 3.8) is 0 Å². The van der Waals surface area contributed by atoms with Crippen molar-refractivity contribution < 1.29 is 4.39 Å². The van der Waals surface area contributed by atoms with Gasteiger partial charge in [0.1, 0.15) is 5.82 Å². The topological polar surface area (TPSA) is 26.0 Å². The third kappa shape index (κ3) is 2.13. The van der Waals surface area contributed by atoms with Gasteiger partial charge in [-0.2, -0.15) is 0 Å². The Labute approximate surface area is 84.1 Å². The summed E-state index contributed by atoms with van der Waals surface area (Å²) in [7, 11) is 0. The predicted molar refractivity (Wildman–Crippen MR) is 55.4 cm³/mol. The van der Waals surface area contributed by atoms with Gasteiger partial charge in [0.2, 0.25) is 0 Å². The Hall–Kier alpha value is -0.890. The predicted octanol–water partition coefficient (Wildman–Crippen LogP) is 2.50. The first-order chi connectivity index (χ1) is 6.58. The highest BCUT2D eigenvalue weighted by molar-refractivity contribution is 5.19. The van der Waals surface area contributed by atoms with E-state index >= 15 is 0 Å². The van der Waals surface area contributed by atoms with Crippen LogP contribution in [-0.2, 0) is 6.42 Å². The van der Waals surface area contributed by atoms with Crippen molar-refractivity contribution in [2.45, 2.75) is 31.7 Å². The Balaban J connectivity index is 2.09. The highest BCUT2D eigenvalue weighted by atomic mass is 19.1. The van der Waals surface area contributed by atoms with E-state index in [0.717, 1.165) is 12.0 Å². The van der Waals surface area contributed by atoms with Gasteiger partial charge in [-0.3, -0.25) is 0 Å². The van der Waals surface area contributed by atoms with E-state index < -0.39 is 0 Å². The quantitative estimate of drug-likeness (QED) is 0.784. The first-order valence-electron chi connectivity index (χ1n) is 5.11. The smallest absolute Gasteiger partial charge is 0.123 e. The second-order valence-electron chi connectivity index (χ2n) is 4.59. The Morgan fingerprint density at radius 2 is 2.21 bits per heavy atom. The standard InChI is InChI=1S/C12H16FN/c1-12(14,10-5-6-10)8-9-3-2-4-11(13)7-9/h2-4,7,10H,5-6,8,14H2,1H3. The normalized spacial score (nSPS) is 20.5. The van der Waals surface area contributed by atoms with E-state index in [4.69, 9.17) is 5.73 Å². The molecule has 1 fully saturated rings. The van der Waals surface area contributed by atoms with Crippen LogP contribution in [0.25, 0.3) is 0 Å². The van der Waals surface area contributed by atoms with Gasteiger partial charge in [0, 0.05) is 5.54 Å². The zero-order chi connectivity index (χ0) is 10.2. The molecule has 2 N–H and O–H groups in total. The average molecular weight is 193 g/mol. The monoisotopic (exact) mass is 193 g/mol. The molecule has 1 atom stereocenters. The summed E-state index contributed by atoms with van der Waals surface area (Å²) in [4.78, 5) is 0. The van der Waals surface area contributed by atoms with Crippen molar-refractivity contribution in [3.8, 4) is 0 Å². The number of halogens is 1. The van der Waals surface area contributed by atoms with Crippen LogP contribution in [0.2, 0.25) is 0 Å². The van der Waals surface area contributed by atoms with Crippen LogP contribution in [0, 0.1) is 11.7 Å². The van der Waals surface area contributed by atoms with E-state index in [1.165, 1.54) is 18.9 Å². The number of benzene rings is 1. The maximum absolute atomic E-state index is 12.9. The Kier molecular flexibility index (Phi) is 2.31. The molecular formula is C12H16FN. The van der Waals surface area contributed by atoms with Gasteiger partial charge < -0.3 is 5.73 Å². The molecule has 0 amide bonds. The summed E-state index contributed by atoms with van der Waals surface area (Å²) in [5, 5.41) is 0. The second-order valence-corrected chi connectivity index (χ2v) is 4.59. The summed E-state index contributed by atoms with van der Waals surface area (Å²) in [6.07, 6.45) is 3.22. The number of nitrogens with two attached hydrogens (primary N) is 1. The van der Waals surface area contributed by atoms with Gasteiger partial charge >= 0.3 is 0 Å². The fraction of sp³-hybridized carbons (Fsp3) is 0.500. The van der Waals surface area contributed by atoms with Crippen LogP contribution in [0.3, 0.4) is 0 Å². The van der Waals surface area contributed by atoms with Gasteiger partial charge in [0.05, 0.1) is 0 Å². The molecule has 1 unspecified atom stereocenters. The molecule has 14 heavy (non-hydrogen) atoms. The molecule has 1 aliphatic rings. The van der Waals surface area contributed by atoms with Crippen molar-refractivity contribution in [3.05, 3.63) is 35.6 Å². The van der Waals surface area contributed by atoms with E-state index in [2.05, 4.69) is 6.92 Å². The SMILES string of the molecule is CC(N)(Cc1cccc(F)c1)C1CC1. The second kappa shape index (κ2) is 3.35. The van der Waals surface area contributed by atoms with Crippen molar-refractivity contribution in [2.75, 3.05) is 0 Å². The lowest BCUT2D eigenvalue weighted by molar-refractivity contribution is 0.405. The fourth-order valence-corrected chi connectivity index (χ4v) is 1.97. The minimum Gasteiger partial charge on any atom is -0.325 e. The van der Waals surface area contributed by atoms with E-state index in [1.807, 2.05) is 6.07 Å². The van der Waals surface area contributed by atoms with Gasteiger partial charge in [-0.1, -0.05) is 12.1 Å². The summed E-state index contributed by atoms with van der Waals surface area (Å²) < 4.78 is 12.9. The number of hydrogen-bond donors (Lipinski definition) is 1. The summed E-state index contributed by atoms with van der Waals surface area (Å²) in [6, 6.07) is 6.73. The van der Waals surface area contributed by atoms with Gasteiger partial charge in [-0.25, -0.2) is 4.39 Å². The van der Waals surface area contributed by atoms with E-state index in [0.29, 0.717) is 5.92 Å². The van der Waals surface area contributed by atoms with Crippen molar-refractivity contribution in [2.24, 2.45) is 11.7 Å². The fourth-order valence-electron chi connectivity index (χ4n) is 1.97. The Bertz CT molecular complexity index is 329. The molecule has 2 heteroatoms. The van der Waals surface area contributed by atoms with Gasteiger partial charge in [-0.05, 0) is 49.8 Å². The molecule has 1 aromatic rings. The minimum absolute atomic E-state index is 0.159. The molecule has 0 spiro atoms. The molecule has 2 rings (SSSR count). The first-order valence-corrected chi connectivity index (χ1v) is 5.11. The van der Waals surface area contributed by atoms with Crippen molar-refractivity contribution in [1.82, 2.24) is 0 Å². The van der Waals surface area contributed by atoms with E-state index in [1.54, 1.807) is 12.1 Å². The highest BCUT2D eigenvalue weighted by Gasteiger charge is 2.38. The van der Waals surface area contributed by atoms with E-state index in [-0.39, 0.29) is 11.4 Å². The third-order valence-corrected chi connectivity index (χ3v) is 2.98. The van der Waals surface area contributed by atoms with Crippen LogP contribution in [0.1, 0.15) is 25.3 Å². The van der Waals surface area contributed by atoms with Crippen LogP contribution in [0.4, 0.5) is 4.39 Å². The summed E-state index contributed by atoms with van der Waals surface area (Å²) >= 11 is 0. The highest BCUT2D eigenvalue weighted by Crippen LogP contribution is 2.39. The summed E-state index contributed by atoms with van der Waals surface area (Å²) in [6.45, 7) is 2.07. The van der Waals surface area contributed by atoms with Crippen molar-refractivity contribution in [1.29, 1.82) is 0 Å². The maximum Gasteiger partial charge on any atom is 0.123 e. The van der Waals surface area contributed by atoms with Crippen LogP contribution < -0.4 is 5.73 Å². The lowest BCUT2D eigenvalue weighted by atomic mass is 9.89. The molecule has 0 bridgehead atoms. The first kappa shape index (κ1) is 9.66. The average Bonchev–Trinajstić information content (AvgIpc) is 2.84. The lowest BCUT2D eigenvalue weighted by Gasteiger charge is -2.24. The van der Waals surface area contributed by atoms with Crippen LogP contribution in [0.5, 0.6) is 0 Å². The minimum atomic E-state index is -0.172. The summed E-state index contributed by atoms with van der Waals surface area (Å²) in [5.41, 5.74) is 7.02. The molecule has 1 saturated carbocycles. The molecule has 0 saturated heterocycles. The molecule has 76 valence electrons. The molecule has 1 aliphatic carbocycles. The largest absolute Gasteiger partial charge is 0.325 e. The Morgan fingerprint density at radius 3 is 2.79 bits per heavy atom. The molecular weight excluding hydrogens is 177 g/mol.